The van der Waals surface area contributed by atoms with E-state index in [9.17, 15) is 9.59 Å². The quantitative estimate of drug-likeness (QED) is 0.479. The van der Waals surface area contributed by atoms with Crippen LogP contribution < -0.4 is 5.32 Å². The third-order valence-electron chi connectivity index (χ3n) is 5.26. The Labute approximate surface area is 174 Å². The van der Waals surface area contributed by atoms with E-state index in [0.717, 1.165) is 47.2 Å². The number of thiophene rings is 1. The SMILES string of the molecule is O=C(COC(=O)c1cc(-c2cccs2)nc2ccccc12)NC1CCCCCC1. The van der Waals surface area contributed by atoms with Crippen molar-refractivity contribution in [1.82, 2.24) is 10.3 Å². The number of nitrogens with one attached hydrogen (secondary N) is 1. The first kappa shape index (κ1) is 19.6. The van der Waals surface area contributed by atoms with E-state index in [0.29, 0.717) is 5.56 Å². The molecule has 0 atom stereocenters. The molecule has 1 aromatic carbocycles. The maximum absolute atomic E-state index is 12.8. The molecule has 2 aromatic heterocycles. The van der Waals surface area contributed by atoms with E-state index in [2.05, 4.69) is 10.3 Å². The molecule has 1 aliphatic rings. The number of benzene rings is 1. The van der Waals surface area contributed by atoms with Crippen molar-refractivity contribution in [2.24, 2.45) is 0 Å². The van der Waals surface area contributed by atoms with Gasteiger partial charge in [0.2, 0.25) is 0 Å². The van der Waals surface area contributed by atoms with E-state index >= 15 is 0 Å². The standard InChI is InChI=1S/C23H24N2O3S/c26-22(24-16-8-3-1-2-4-9-16)15-28-23(27)18-14-20(21-12-7-13-29-21)25-19-11-6-5-10-17(18)19/h5-7,10-14,16H,1-4,8-9,15H2,(H,24,26). The maximum atomic E-state index is 12.8. The van der Waals surface area contributed by atoms with Crippen molar-refractivity contribution in [3.8, 4) is 10.6 Å². The summed E-state index contributed by atoms with van der Waals surface area (Å²) in [5.41, 5.74) is 1.89. The van der Waals surface area contributed by atoms with Crippen molar-refractivity contribution in [1.29, 1.82) is 0 Å². The van der Waals surface area contributed by atoms with Crippen LogP contribution in [-0.4, -0.2) is 29.5 Å². The minimum absolute atomic E-state index is 0.191. The fraction of sp³-hybridized carbons (Fsp3) is 0.348. The zero-order chi connectivity index (χ0) is 20.1. The number of amides is 1. The lowest BCUT2D eigenvalue weighted by Crippen LogP contribution is -2.37. The monoisotopic (exact) mass is 408 g/mol. The Morgan fingerprint density at radius 2 is 1.86 bits per heavy atom. The van der Waals surface area contributed by atoms with Crippen LogP contribution in [0.2, 0.25) is 0 Å². The number of hydrogen-bond donors (Lipinski definition) is 1. The second-order valence-electron chi connectivity index (χ2n) is 7.38. The number of fused-ring (bicyclic) bond motifs is 1. The van der Waals surface area contributed by atoms with Crippen molar-refractivity contribution in [3.05, 3.63) is 53.4 Å². The highest BCUT2D eigenvalue weighted by Crippen LogP contribution is 2.28. The van der Waals surface area contributed by atoms with Crippen LogP contribution in [-0.2, 0) is 9.53 Å². The van der Waals surface area contributed by atoms with Crippen LogP contribution in [0.4, 0.5) is 0 Å². The highest BCUT2D eigenvalue weighted by molar-refractivity contribution is 7.13. The first-order valence-corrected chi connectivity index (χ1v) is 11.0. The molecule has 0 aliphatic heterocycles. The van der Waals surface area contributed by atoms with E-state index in [-0.39, 0.29) is 18.6 Å². The molecular weight excluding hydrogens is 384 g/mol. The van der Waals surface area contributed by atoms with Gasteiger partial charge in [0, 0.05) is 11.4 Å². The van der Waals surface area contributed by atoms with Gasteiger partial charge in [0.15, 0.2) is 6.61 Å². The van der Waals surface area contributed by atoms with Crippen LogP contribution in [0.15, 0.2) is 47.8 Å². The number of para-hydroxylation sites is 1. The molecule has 1 fully saturated rings. The molecule has 2 heterocycles. The fourth-order valence-electron chi connectivity index (χ4n) is 3.80. The largest absolute Gasteiger partial charge is 0.452 e. The third-order valence-corrected chi connectivity index (χ3v) is 6.16. The highest BCUT2D eigenvalue weighted by atomic mass is 32.1. The Balaban J connectivity index is 1.48. The van der Waals surface area contributed by atoms with Crippen LogP contribution in [0.1, 0.15) is 48.9 Å². The number of ether oxygens (including phenoxy) is 1. The van der Waals surface area contributed by atoms with Gasteiger partial charge < -0.3 is 10.1 Å². The predicted molar refractivity (Wildman–Crippen MR) is 115 cm³/mol. The summed E-state index contributed by atoms with van der Waals surface area (Å²) < 4.78 is 5.37. The fourth-order valence-corrected chi connectivity index (χ4v) is 4.48. The molecule has 29 heavy (non-hydrogen) atoms. The number of aromatic nitrogens is 1. The van der Waals surface area contributed by atoms with Crippen LogP contribution in [0, 0.1) is 0 Å². The molecule has 1 saturated carbocycles. The van der Waals surface area contributed by atoms with Gasteiger partial charge in [-0.25, -0.2) is 9.78 Å². The topological polar surface area (TPSA) is 68.3 Å². The summed E-state index contributed by atoms with van der Waals surface area (Å²) in [5.74, 6) is -0.737. The molecule has 1 aliphatic carbocycles. The summed E-state index contributed by atoms with van der Waals surface area (Å²) >= 11 is 1.57. The van der Waals surface area contributed by atoms with Gasteiger partial charge in [-0.3, -0.25) is 4.79 Å². The summed E-state index contributed by atoms with van der Waals surface area (Å²) in [6.45, 7) is -0.264. The molecule has 5 nitrogen and oxygen atoms in total. The minimum atomic E-state index is -0.502. The van der Waals surface area contributed by atoms with Crippen LogP contribution in [0.5, 0.6) is 0 Å². The van der Waals surface area contributed by atoms with E-state index in [4.69, 9.17) is 4.74 Å². The highest BCUT2D eigenvalue weighted by Gasteiger charge is 2.19. The molecule has 150 valence electrons. The van der Waals surface area contributed by atoms with Crippen molar-refractivity contribution >= 4 is 34.1 Å². The molecule has 1 N–H and O–H groups in total. The number of carbonyl (C=O) groups is 2. The second kappa shape index (κ2) is 9.18. The number of esters is 1. The van der Waals surface area contributed by atoms with Crippen LogP contribution in [0.25, 0.3) is 21.5 Å². The number of pyridine rings is 1. The molecule has 1 amide bonds. The zero-order valence-electron chi connectivity index (χ0n) is 16.2. The minimum Gasteiger partial charge on any atom is -0.452 e. The van der Waals surface area contributed by atoms with Crippen molar-refractivity contribution in [2.45, 2.75) is 44.6 Å². The summed E-state index contributed by atoms with van der Waals surface area (Å²) in [6.07, 6.45) is 6.72. The Morgan fingerprint density at radius 3 is 2.62 bits per heavy atom. The lowest BCUT2D eigenvalue weighted by molar-refractivity contribution is -0.125. The number of nitrogens with zero attached hydrogens (tertiary/aromatic N) is 1. The lowest BCUT2D eigenvalue weighted by Gasteiger charge is -2.16. The Kier molecular flexibility index (Phi) is 6.20. The summed E-state index contributed by atoms with van der Waals surface area (Å²) in [6, 6.07) is 13.3. The molecule has 0 spiro atoms. The molecule has 0 bridgehead atoms. The number of hydrogen-bond acceptors (Lipinski definition) is 5. The molecule has 0 saturated heterocycles. The van der Waals surface area contributed by atoms with Gasteiger partial charge >= 0.3 is 5.97 Å². The Bertz CT molecular complexity index is 993. The van der Waals surface area contributed by atoms with Gasteiger partial charge in [-0.05, 0) is 36.4 Å². The first-order valence-electron chi connectivity index (χ1n) is 10.1. The summed E-state index contributed by atoms with van der Waals surface area (Å²) in [7, 11) is 0. The van der Waals surface area contributed by atoms with Gasteiger partial charge in [-0.1, -0.05) is 49.9 Å². The lowest BCUT2D eigenvalue weighted by atomic mass is 10.1. The maximum Gasteiger partial charge on any atom is 0.339 e. The molecule has 3 aromatic rings. The van der Waals surface area contributed by atoms with Crippen molar-refractivity contribution < 1.29 is 14.3 Å². The van der Waals surface area contributed by atoms with E-state index in [1.807, 2.05) is 41.8 Å². The molecular formula is C23H24N2O3S. The van der Waals surface area contributed by atoms with Crippen LogP contribution >= 0.6 is 11.3 Å². The second-order valence-corrected chi connectivity index (χ2v) is 8.33. The Hall–Kier alpha value is -2.73. The van der Waals surface area contributed by atoms with Gasteiger partial charge in [0.25, 0.3) is 5.91 Å². The summed E-state index contributed by atoms with van der Waals surface area (Å²) in [5, 5.41) is 5.71. The van der Waals surface area contributed by atoms with Gasteiger partial charge in [0.05, 0.1) is 21.7 Å². The van der Waals surface area contributed by atoms with Gasteiger partial charge in [0.1, 0.15) is 0 Å². The van der Waals surface area contributed by atoms with Crippen LogP contribution in [0.3, 0.4) is 0 Å². The first-order chi connectivity index (χ1) is 14.2. The van der Waals surface area contributed by atoms with Gasteiger partial charge in [-0.2, -0.15) is 0 Å². The predicted octanol–water partition coefficient (Wildman–Crippen LogP) is 4.96. The normalized spacial score (nSPS) is 15.0. The average Bonchev–Trinajstić information content (AvgIpc) is 3.17. The van der Waals surface area contributed by atoms with E-state index in [1.165, 1.54) is 12.8 Å². The molecule has 0 radical (unpaired) electrons. The molecule has 6 heteroatoms. The zero-order valence-corrected chi connectivity index (χ0v) is 17.0. The number of rotatable bonds is 5. The molecule has 4 rings (SSSR count). The average molecular weight is 409 g/mol. The van der Waals surface area contributed by atoms with Crippen molar-refractivity contribution in [3.63, 3.8) is 0 Å². The smallest absolute Gasteiger partial charge is 0.339 e. The van der Waals surface area contributed by atoms with E-state index < -0.39 is 5.97 Å². The Morgan fingerprint density at radius 1 is 1.07 bits per heavy atom. The summed E-state index contributed by atoms with van der Waals surface area (Å²) in [4.78, 5) is 30.7. The van der Waals surface area contributed by atoms with Gasteiger partial charge in [-0.15, -0.1) is 11.3 Å². The third kappa shape index (κ3) is 4.82. The number of carbonyl (C=O) groups excluding carboxylic acids is 2. The van der Waals surface area contributed by atoms with Crippen molar-refractivity contribution in [2.75, 3.05) is 6.61 Å². The molecule has 0 unspecified atom stereocenters. The van der Waals surface area contributed by atoms with E-state index in [1.54, 1.807) is 17.4 Å².